The summed E-state index contributed by atoms with van der Waals surface area (Å²) in [6.45, 7) is 3.23. The van der Waals surface area contributed by atoms with Gasteiger partial charge in [0, 0.05) is 31.0 Å². The predicted octanol–water partition coefficient (Wildman–Crippen LogP) is 3.55. The molecule has 27 heavy (non-hydrogen) atoms. The summed E-state index contributed by atoms with van der Waals surface area (Å²) in [5.41, 5.74) is 0.382. The van der Waals surface area contributed by atoms with E-state index >= 15 is 0 Å². The molecule has 0 bridgehead atoms. The zero-order valence-electron chi connectivity index (χ0n) is 14.8. The molecule has 0 saturated carbocycles. The Balaban J connectivity index is 1.89. The second kappa shape index (κ2) is 10.0. The van der Waals surface area contributed by atoms with Crippen molar-refractivity contribution in [2.45, 2.75) is 25.8 Å². The topological polar surface area (TPSA) is 94.5 Å². The first kappa shape index (κ1) is 20.9. The molecule has 0 radical (unpaired) electrons. The third kappa shape index (κ3) is 6.05. The van der Waals surface area contributed by atoms with E-state index in [-0.39, 0.29) is 17.7 Å². The van der Waals surface area contributed by atoms with Crippen molar-refractivity contribution in [2.24, 2.45) is 0 Å². The molecule has 0 atom stereocenters. The standard InChI is InChI=1S/C18H20Cl2N4O3/c1-2-27-18(26)24-7-5-13(6-8-24)22-11-12(10-21)17(25)23-14-3-4-15(19)16(20)9-14/h3-4,9,11,13,22H,2,5-8H2,1H3,(H,23,25)/b12-11-. The fraction of sp³-hybridized carbons (Fsp3) is 0.389. The van der Waals surface area contributed by atoms with Crippen LogP contribution in [0.4, 0.5) is 10.5 Å². The molecule has 1 aliphatic heterocycles. The third-order valence-electron chi connectivity index (χ3n) is 4.03. The van der Waals surface area contributed by atoms with Gasteiger partial charge in [-0.2, -0.15) is 5.26 Å². The lowest BCUT2D eigenvalue weighted by Crippen LogP contribution is -2.44. The summed E-state index contributed by atoms with van der Waals surface area (Å²) in [5.74, 6) is -0.549. The van der Waals surface area contributed by atoms with Gasteiger partial charge in [0.15, 0.2) is 0 Å². The first-order chi connectivity index (χ1) is 12.9. The van der Waals surface area contributed by atoms with Crippen molar-refractivity contribution < 1.29 is 14.3 Å². The largest absolute Gasteiger partial charge is 0.450 e. The van der Waals surface area contributed by atoms with E-state index in [1.165, 1.54) is 12.3 Å². The van der Waals surface area contributed by atoms with Crippen LogP contribution in [-0.4, -0.2) is 42.6 Å². The van der Waals surface area contributed by atoms with Crippen LogP contribution in [0.1, 0.15) is 19.8 Å². The zero-order valence-corrected chi connectivity index (χ0v) is 16.3. The number of halogens is 2. The van der Waals surface area contributed by atoms with E-state index in [0.29, 0.717) is 48.3 Å². The minimum atomic E-state index is -0.549. The maximum atomic E-state index is 12.2. The van der Waals surface area contributed by atoms with Gasteiger partial charge < -0.3 is 20.3 Å². The number of nitrogens with zero attached hydrogens (tertiary/aromatic N) is 2. The van der Waals surface area contributed by atoms with Crippen LogP contribution < -0.4 is 10.6 Å². The number of ether oxygens (including phenoxy) is 1. The molecule has 1 aromatic rings. The third-order valence-corrected chi connectivity index (χ3v) is 4.77. The highest BCUT2D eigenvalue weighted by Crippen LogP contribution is 2.25. The molecular formula is C18H20Cl2N4O3. The Hall–Kier alpha value is -2.43. The molecule has 2 N–H and O–H groups in total. The van der Waals surface area contributed by atoms with Gasteiger partial charge in [-0.15, -0.1) is 0 Å². The summed E-state index contributed by atoms with van der Waals surface area (Å²) in [6.07, 6.45) is 2.48. The molecule has 2 amide bonds. The van der Waals surface area contributed by atoms with E-state index in [9.17, 15) is 14.9 Å². The number of benzene rings is 1. The van der Waals surface area contributed by atoms with Gasteiger partial charge in [-0.25, -0.2) is 4.79 Å². The SMILES string of the molecule is CCOC(=O)N1CCC(N/C=C(/C#N)C(=O)Nc2ccc(Cl)c(Cl)c2)CC1. The Morgan fingerprint density at radius 3 is 2.63 bits per heavy atom. The lowest BCUT2D eigenvalue weighted by atomic mass is 10.1. The molecule has 1 saturated heterocycles. The van der Waals surface area contributed by atoms with Crippen molar-refractivity contribution >= 4 is 40.9 Å². The normalized spacial score (nSPS) is 15.0. The van der Waals surface area contributed by atoms with Crippen molar-refractivity contribution in [3.8, 4) is 6.07 Å². The summed E-state index contributed by atoms with van der Waals surface area (Å²) in [5, 5.41) is 15.6. The van der Waals surface area contributed by atoms with Crippen LogP contribution in [0.25, 0.3) is 0 Å². The van der Waals surface area contributed by atoms with Crippen molar-refractivity contribution in [1.29, 1.82) is 5.26 Å². The Kier molecular flexibility index (Phi) is 7.77. The van der Waals surface area contributed by atoms with E-state index < -0.39 is 5.91 Å². The summed E-state index contributed by atoms with van der Waals surface area (Å²) in [6, 6.07) is 6.61. The Labute approximate surface area is 167 Å². The Bertz CT molecular complexity index is 768. The van der Waals surface area contributed by atoms with E-state index in [4.69, 9.17) is 27.9 Å². The number of carbonyl (C=O) groups is 2. The van der Waals surface area contributed by atoms with Crippen molar-refractivity contribution in [1.82, 2.24) is 10.2 Å². The van der Waals surface area contributed by atoms with Crippen LogP contribution >= 0.6 is 23.2 Å². The van der Waals surface area contributed by atoms with Gasteiger partial charge in [0.25, 0.3) is 5.91 Å². The second-order valence-corrected chi connectivity index (χ2v) is 6.69. The lowest BCUT2D eigenvalue weighted by Gasteiger charge is -2.31. The number of nitrogens with one attached hydrogen (secondary N) is 2. The van der Waals surface area contributed by atoms with Crippen molar-refractivity contribution in [3.05, 3.63) is 40.0 Å². The van der Waals surface area contributed by atoms with Crippen LogP contribution in [0.2, 0.25) is 10.0 Å². The number of hydrogen-bond donors (Lipinski definition) is 2. The lowest BCUT2D eigenvalue weighted by molar-refractivity contribution is -0.112. The van der Waals surface area contributed by atoms with Crippen LogP contribution in [0.3, 0.4) is 0 Å². The van der Waals surface area contributed by atoms with E-state index in [1.807, 2.05) is 6.07 Å². The maximum Gasteiger partial charge on any atom is 0.409 e. The van der Waals surface area contributed by atoms with Gasteiger partial charge in [-0.05, 0) is 38.0 Å². The van der Waals surface area contributed by atoms with Crippen molar-refractivity contribution in [3.63, 3.8) is 0 Å². The summed E-state index contributed by atoms with van der Waals surface area (Å²) < 4.78 is 4.98. The van der Waals surface area contributed by atoms with Gasteiger partial charge in [0.2, 0.25) is 0 Å². The van der Waals surface area contributed by atoms with E-state index in [2.05, 4.69) is 10.6 Å². The summed E-state index contributed by atoms with van der Waals surface area (Å²) >= 11 is 11.8. The Morgan fingerprint density at radius 1 is 1.33 bits per heavy atom. The minimum Gasteiger partial charge on any atom is -0.450 e. The van der Waals surface area contributed by atoms with Crippen LogP contribution in [0, 0.1) is 11.3 Å². The van der Waals surface area contributed by atoms with Gasteiger partial charge in [-0.1, -0.05) is 23.2 Å². The van der Waals surface area contributed by atoms with Gasteiger partial charge in [0.1, 0.15) is 11.6 Å². The highest BCUT2D eigenvalue weighted by atomic mass is 35.5. The molecule has 1 aliphatic rings. The smallest absolute Gasteiger partial charge is 0.409 e. The number of rotatable bonds is 5. The number of hydrogen-bond acceptors (Lipinski definition) is 5. The molecular weight excluding hydrogens is 391 g/mol. The molecule has 1 fully saturated rings. The number of carbonyl (C=O) groups excluding carboxylic acids is 2. The van der Waals surface area contributed by atoms with Gasteiger partial charge in [-0.3, -0.25) is 4.79 Å². The number of likely N-dealkylation sites (tertiary alicyclic amines) is 1. The molecule has 0 unspecified atom stereocenters. The number of anilines is 1. The Morgan fingerprint density at radius 2 is 2.04 bits per heavy atom. The molecule has 0 aromatic heterocycles. The van der Waals surface area contributed by atoms with E-state index in [1.54, 1.807) is 24.0 Å². The summed E-state index contributed by atoms with van der Waals surface area (Å²) in [4.78, 5) is 25.6. The highest BCUT2D eigenvalue weighted by molar-refractivity contribution is 6.42. The molecule has 0 aliphatic carbocycles. The fourth-order valence-corrected chi connectivity index (χ4v) is 2.86. The average molecular weight is 411 g/mol. The maximum absolute atomic E-state index is 12.2. The first-order valence-electron chi connectivity index (χ1n) is 8.49. The number of amides is 2. The molecule has 0 spiro atoms. The van der Waals surface area contributed by atoms with Gasteiger partial charge >= 0.3 is 6.09 Å². The monoisotopic (exact) mass is 410 g/mol. The van der Waals surface area contributed by atoms with Gasteiger partial charge in [0.05, 0.1) is 16.7 Å². The second-order valence-electron chi connectivity index (χ2n) is 5.88. The zero-order chi connectivity index (χ0) is 19.8. The van der Waals surface area contributed by atoms with E-state index in [0.717, 1.165) is 0 Å². The van der Waals surface area contributed by atoms with Crippen LogP contribution in [-0.2, 0) is 9.53 Å². The summed E-state index contributed by atoms with van der Waals surface area (Å²) in [7, 11) is 0. The molecule has 7 nitrogen and oxygen atoms in total. The number of piperidine rings is 1. The van der Waals surface area contributed by atoms with Crippen LogP contribution in [0.5, 0.6) is 0 Å². The molecule has 144 valence electrons. The quantitative estimate of drug-likeness (QED) is 0.571. The first-order valence-corrected chi connectivity index (χ1v) is 9.24. The van der Waals surface area contributed by atoms with Crippen LogP contribution in [0.15, 0.2) is 30.0 Å². The molecule has 1 heterocycles. The molecule has 9 heteroatoms. The van der Waals surface area contributed by atoms with Crippen molar-refractivity contribution in [2.75, 3.05) is 25.0 Å². The fourth-order valence-electron chi connectivity index (χ4n) is 2.57. The number of nitriles is 1. The minimum absolute atomic E-state index is 0.0612. The average Bonchev–Trinajstić information content (AvgIpc) is 2.66. The highest BCUT2D eigenvalue weighted by Gasteiger charge is 2.23. The predicted molar refractivity (Wildman–Crippen MR) is 104 cm³/mol. The molecule has 2 rings (SSSR count). The molecule has 1 aromatic carbocycles.